The van der Waals surface area contributed by atoms with Crippen LogP contribution in [0.5, 0.6) is 0 Å². The Hall–Kier alpha value is -0.530. The molecule has 2 aliphatic carbocycles. The van der Waals surface area contributed by atoms with Crippen LogP contribution >= 0.6 is 11.6 Å². The first-order chi connectivity index (χ1) is 8.65. The van der Waals surface area contributed by atoms with E-state index in [9.17, 15) is 0 Å². The van der Waals surface area contributed by atoms with E-state index >= 15 is 0 Å². The molecular weight excluding hydrogens is 242 g/mol. The summed E-state index contributed by atoms with van der Waals surface area (Å²) in [5.41, 5.74) is 7.96. The maximum absolute atomic E-state index is 6.65. The molecule has 2 saturated carbocycles. The van der Waals surface area contributed by atoms with Gasteiger partial charge in [0.2, 0.25) is 0 Å². The van der Waals surface area contributed by atoms with E-state index < -0.39 is 0 Å². The van der Waals surface area contributed by atoms with Crippen molar-refractivity contribution in [2.45, 2.75) is 50.5 Å². The van der Waals surface area contributed by atoms with Gasteiger partial charge in [-0.15, -0.1) is 0 Å². The summed E-state index contributed by atoms with van der Waals surface area (Å²) in [4.78, 5) is 0. The first-order valence-electron chi connectivity index (χ1n) is 7.18. The predicted octanol–water partition coefficient (Wildman–Crippen LogP) is 4.18. The molecule has 0 aliphatic heterocycles. The van der Waals surface area contributed by atoms with Crippen molar-refractivity contribution in [2.24, 2.45) is 17.6 Å². The van der Waals surface area contributed by atoms with Gasteiger partial charge in [0.25, 0.3) is 0 Å². The molecule has 0 bridgehead atoms. The molecule has 2 N–H and O–H groups in total. The van der Waals surface area contributed by atoms with Gasteiger partial charge in [0, 0.05) is 10.6 Å². The van der Waals surface area contributed by atoms with E-state index in [1.54, 1.807) is 0 Å². The van der Waals surface area contributed by atoms with Crippen molar-refractivity contribution in [3.63, 3.8) is 0 Å². The normalized spacial score (nSPS) is 32.4. The first-order valence-corrected chi connectivity index (χ1v) is 7.56. The molecular formula is C16H22ClN. The summed E-state index contributed by atoms with van der Waals surface area (Å²) in [5.74, 6) is 1.88. The molecule has 0 heterocycles. The Kier molecular flexibility index (Phi) is 3.38. The molecule has 2 fully saturated rings. The van der Waals surface area contributed by atoms with Gasteiger partial charge in [-0.2, -0.15) is 0 Å². The van der Waals surface area contributed by atoms with Crippen LogP contribution in [0.1, 0.15) is 44.1 Å². The molecule has 0 spiro atoms. The van der Waals surface area contributed by atoms with Crippen molar-refractivity contribution in [3.8, 4) is 0 Å². The summed E-state index contributed by atoms with van der Waals surface area (Å²) in [6.07, 6.45) is 8.96. The average Bonchev–Trinajstić information content (AvgIpc) is 3.12. The molecule has 2 atom stereocenters. The third-order valence-electron chi connectivity index (χ3n) is 4.65. The molecule has 1 aromatic rings. The monoisotopic (exact) mass is 263 g/mol. The van der Waals surface area contributed by atoms with Gasteiger partial charge in [0.05, 0.1) is 0 Å². The average molecular weight is 264 g/mol. The van der Waals surface area contributed by atoms with Crippen molar-refractivity contribution in [1.82, 2.24) is 0 Å². The van der Waals surface area contributed by atoms with E-state index in [0.29, 0.717) is 0 Å². The van der Waals surface area contributed by atoms with E-state index in [-0.39, 0.29) is 5.54 Å². The highest BCUT2D eigenvalue weighted by molar-refractivity contribution is 6.30. The summed E-state index contributed by atoms with van der Waals surface area (Å²) in [7, 11) is 0. The summed E-state index contributed by atoms with van der Waals surface area (Å²) in [6.45, 7) is 0. The molecule has 0 amide bonds. The van der Waals surface area contributed by atoms with Crippen molar-refractivity contribution in [1.29, 1.82) is 0 Å². The van der Waals surface area contributed by atoms with E-state index in [0.717, 1.165) is 23.3 Å². The zero-order valence-electron chi connectivity index (χ0n) is 10.9. The lowest BCUT2D eigenvalue weighted by molar-refractivity contribution is 0.204. The van der Waals surface area contributed by atoms with E-state index in [1.807, 2.05) is 12.1 Å². The number of halogens is 1. The quantitative estimate of drug-likeness (QED) is 0.870. The molecule has 1 nitrogen and oxygen atoms in total. The Morgan fingerprint density at radius 2 is 2.06 bits per heavy atom. The van der Waals surface area contributed by atoms with Crippen LogP contribution in [0.25, 0.3) is 0 Å². The van der Waals surface area contributed by atoms with E-state index in [2.05, 4.69) is 12.1 Å². The van der Waals surface area contributed by atoms with Crippen LogP contribution in [0.4, 0.5) is 0 Å². The van der Waals surface area contributed by atoms with Gasteiger partial charge >= 0.3 is 0 Å². The molecule has 3 rings (SSSR count). The highest BCUT2D eigenvalue weighted by atomic mass is 35.5. The minimum absolute atomic E-state index is 0.0101. The lowest BCUT2D eigenvalue weighted by Crippen LogP contribution is -2.46. The Morgan fingerprint density at radius 1 is 1.22 bits per heavy atom. The summed E-state index contributed by atoms with van der Waals surface area (Å²) < 4.78 is 0. The van der Waals surface area contributed by atoms with Crippen LogP contribution in [-0.2, 0) is 6.42 Å². The summed E-state index contributed by atoms with van der Waals surface area (Å²) >= 11 is 6.06. The smallest absolute Gasteiger partial charge is 0.0408 e. The number of rotatable bonds is 3. The topological polar surface area (TPSA) is 26.0 Å². The van der Waals surface area contributed by atoms with Gasteiger partial charge in [0.1, 0.15) is 0 Å². The van der Waals surface area contributed by atoms with Gasteiger partial charge in [0.15, 0.2) is 0 Å². The van der Waals surface area contributed by atoms with Gasteiger partial charge in [-0.25, -0.2) is 0 Å². The van der Waals surface area contributed by atoms with Crippen LogP contribution in [0, 0.1) is 11.8 Å². The largest absolute Gasteiger partial charge is 0.325 e. The Bertz CT molecular complexity index is 427. The first kappa shape index (κ1) is 12.5. The number of hydrogen-bond donors (Lipinski definition) is 1. The van der Waals surface area contributed by atoms with Gasteiger partial charge < -0.3 is 5.73 Å². The fourth-order valence-corrected chi connectivity index (χ4v) is 3.84. The second-order valence-corrected chi connectivity index (χ2v) is 6.80. The Labute approximate surface area is 115 Å². The maximum Gasteiger partial charge on any atom is 0.0408 e. The molecule has 18 heavy (non-hydrogen) atoms. The minimum Gasteiger partial charge on any atom is -0.325 e. The van der Waals surface area contributed by atoms with Crippen molar-refractivity contribution in [3.05, 3.63) is 34.9 Å². The SMILES string of the molecule is NC1(Cc2cccc(Cl)c2)CCCC(C2CC2)C1. The number of nitrogens with two attached hydrogens (primary N) is 1. The second-order valence-electron chi connectivity index (χ2n) is 6.36. The van der Waals surface area contributed by atoms with Crippen LogP contribution < -0.4 is 5.73 Å². The third-order valence-corrected chi connectivity index (χ3v) is 4.89. The van der Waals surface area contributed by atoms with E-state index in [4.69, 9.17) is 17.3 Å². The second kappa shape index (κ2) is 4.86. The highest BCUT2D eigenvalue weighted by Gasteiger charge is 2.39. The number of benzene rings is 1. The van der Waals surface area contributed by atoms with Crippen LogP contribution in [-0.4, -0.2) is 5.54 Å². The standard InChI is InChI=1S/C16H22ClN/c17-15-5-1-3-12(9-15)10-16(18)8-2-4-14(11-16)13-6-7-13/h1,3,5,9,13-14H,2,4,6-8,10-11,18H2. The van der Waals surface area contributed by atoms with Crippen molar-refractivity contribution >= 4 is 11.6 Å². The van der Waals surface area contributed by atoms with Crippen molar-refractivity contribution < 1.29 is 0 Å². The van der Waals surface area contributed by atoms with Crippen LogP contribution in [0.15, 0.2) is 24.3 Å². The summed E-state index contributed by atoms with van der Waals surface area (Å²) in [6, 6.07) is 8.18. The molecule has 2 heteroatoms. The van der Waals surface area contributed by atoms with Crippen molar-refractivity contribution in [2.75, 3.05) is 0 Å². The molecule has 2 aliphatic rings. The fraction of sp³-hybridized carbons (Fsp3) is 0.625. The predicted molar refractivity (Wildman–Crippen MR) is 76.8 cm³/mol. The van der Waals surface area contributed by atoms with Crippen LogP contribution in [0.3, 0.4) is 0 Å². The van der Waals surface area contributed by atoms with E-state index in [1.165, 1.54) is 44.1 Å². The third kappa shape index (κ3) is 2.89. The van der Waals surface area contributed by atoms with Gasteiger partial charge in [-0.3, -0.25) is 0 Å². The zero-order valence-corrected chi connectivity index (χ0v) is 11.6. The molecule has 1 aromatic carbocycles. The lowest BCUT2D eigenvalue weighted by Gasteiger charge is -2.38. The minimum atomic E-state index is 0.0101. The maximum atomic E-state index is 6.65. The fourth-order valence-electron chi connectivity index (χ4n) is 3.63. The molecule has 2 unspecified atom stereocenters. The molecule has 0 aromatic heterocycles. The zero-order chi connectivity index (χ0) is 12.6. The Balaban J connectivity index is 1.69. The molecule has 0 radical (unpaired) electrons. The Morgan fingerprint density at radius 3 is 2.78 bits per heavy atom. The van der Waals surface area contributed by atoms with Gasteiger partial charge in [-0.1, -0.05) is 36.6 Å². The number of hydrogen-bond acceptors (Lipinski definition) is 1. The summed E-state index contributed by atoms with van der Waals surface area (Å²) in [5, 5.41) is 0.825. The van der Waals surface area contributed by atoms with Crippen LogP contribution in [0.2, 0.25) is 5.02 Å². The lowest BCUT2D eigenvalue weighted by atomic mass is 9.72. The molecule has 0 saturated heterocycles. The molecule has 98 valence electrons. The highest BCUT2D eigenvalue weighted by Crippen LogP contribution is 2.46. The van der Waals surface area contributed by atoms with Gasteiger partial charge in [-0.05, 0) is 61.6 Å².